The van der Waals surface area contributed by atoms with E-state index in [1.807, 2.05) is 85.7 Å². The number of amides is 1. The van der Waals surface area contributed by atoms with Gasteiger partial charge in [0.05, 0.1) is 0 Å². The van der Waals surface area contributed by atoms with Crippen molar-refractivity contribution in [2.45, 2.75) is 87.2 Å². The number of rotatable bonds is 3. The van der Waals surface area contributed by atoms with Crippen molar-refractivity contribution in [3.05, 3.63) is 65.7 Å². The number of carbonyl (C=O) groups excluding carboxylic acids is 1. The molecule has 2 heterocycles. The number of fused-ring (bicyclic) bond motifs is 1. The minimum atomic E-state index is -0.454. The van der Waals surface area contributed by atoms with E-state index in [9.17, 15) is 4.79 Å². The summed E-state index contributed by atoms with van der Waals surface area (Å²) < 4.78 is 0. The van der Waals surface area contributed by atoms with Gasteiger partial charge in [-0.25, -0.2) is 0 Å². The first-order chi connectivity index (χ1) is 16.5. The maximum Gasteiger partial charge on any atom is 0.253 e. The first-order valence-electron chi connectivity index (χ1n) is 13.4. The molecule has 4 rings (SSSR count). The Balaban J connectivity index is 0.00000124. The van der Waals surface area contributed by atoms with Gasteiger partial charge in [0.15, 0.2) is 0 Å². The number of benzene rings is 2. The third kappa shape index (κ3) is 7.59. The predicted octanol–water partition coefficient (Wildman–Crippen LogP) is 7.62. The quantitative estimate of drug-likeness (QED) is 0.486. The fraction of sp³-hybridized carbons (Fsp3) is 0.567. The lowest BCUT2D eigenvalue weighted by atomic mass is 9.68. The molecule has 1 unspecified atom stereocenters. The highest BCUT2D eigenvalue weighted by molar-refractivity contribution is 5.95. The van der Waals surface area contributed by atoms with Crippen LogP contribution in [0.1, 0.15) is 91.1 Å². The number of nitrogens with zero attached hydrogens (tertiary/aromatic N) is 1. The molecule has 2 aliphatic heterocycles. The number of piperidine rings is 1. The number of likely N-dealkylation sites (tertiary alicyclic amines) is 1. The Kier molecular flexibility index (Phi) is 15.2. The van der Waals surface area contributed by atoms with E-state index < -0.39 is 5.66 Å². The monoisotopic (exact) mass is 469 g/mol. The van der Waals surface area contributed by atoms with Crippen molar-refractivity contribution in [1.29, 1.82) is 0 Å². The van der Waals surface area contributed by atoms with Crippen LogP contribution in [0.15, 0.2) is 54.6 Å². The minimum absolute atomic E-state index is 0.00828. The number of hydrogen-bond donors (Lipinski definition) is 2. The van der Waals surface area contributed by atoms with Gasteiger partial charge < -0.3 is 15.5 Å². The van der Waals surface area contributed by atoms with E-state index in [1.165, 1.54) is 5.56 Å². The van der Waals surface area contributed by atoms with Crippen molar-refractivity contribution in [1.82, 2.24) is 10.2 Å². The lowest BCUT2D eigenvalue weighted by Gasteiger charge is -2.51. The van der Waals surface area contributed by atoms with E-state index in [0.717, 1.165) is 38.0 Å². The molecule has 0 saturated carbocycles. The maximum atomic E-state index is 13.0. The summed E-state index contributed by atoms with van der Waals surface area (Å²) in [6.07, 6.45) is 2.93. The van der Waals surface area contributed by atoms with Crippen LogP contribution in [-0.4, -0.2) is 36.6 Å². The molecule has 0 radical (unpaired) electrons. The van der Waals surface area contributed by atoms with Crippen LogP contribution in [0.5, 0.6) is 0 Å². The number of para-hydroxylation sites is 1. The molecule has 34 heavy (non-hydrogen) atoms. The van der Waals surface area contributed by atoms with Crippen molar-refractivity contribution < 1.29 is 4.79 Å². The van der Waals surface area contributed by atoms with E-state index in [4.69, 9.17) is 0 Å². The molecule has 2 N–H and O–H groups in total. The largest absolute Gasteiger partial charge is 0.362 e. The molecule has 0 bridgehead atoms. The summed E-state index contributed by atoms with van der Waals surface area (Å²) in [5.74, 6) is -0.00828. The molecule has 4 heteroatoms. The Labute approximate surface area is 210 Å². The lowest BCUT2D eigenvalue weighted by Crippen LogP contribution is -2.65. The SMILES string of the molecule is CC.CC.CC.CC.CN1CCC(C)(C2(NC(=O)c3ccccc3)Cc3ccccc3N2)CC1. The van der Waals surface area contributed by atoms with Gasteiger partial charge in [-0.1, -0.05) is 98.7 Å². The van der Waals surface area contributed by atoms with Crippen molar-refractivity contribution in [3.63, 3.8) is 0 Å². The van der Waals surface area contributed by atoms with E-state index in [2.05, 4.69) is 53.8 Å². The second-order valence-corrected chi connectivity index (χ2v) is 8.05. The lowest BCUT2D eigenvalue weighted by molar-refractivity contribution is 0.0432. The zero-order valence-corrected chi connectivity index (χ0v) is 23.6. The molecule has 1 amide bonds. The van der Waals surface area contributed by atoms with Gasteiger partial charge in [-0.3, -0.25) is 4.79 Å². The third-order valence-corrected chi connectivity index (χ3v) is 6.30. The van der Waals surface area contributed by atoms with Gasteiger partial charge in [-0.2, -0.15) is 0 Å². The molecule has 2 aromatic rings. The fourth-order valence-corrected chi connectivity index (χ4v) is 4.34. The van der Waals surface area contributed by atoms with Crippen molar-refractivity contribution >= 4 is 11.6 Å². The Morgan fingerprint density at radius 1 is 0.824 bits per heavy atom. The second kappa shape index (κ2) is 16.3. The molecule has 0 aromatic heterocycles. The highest BCUT2D eigenvalue weighted by atomic mass is 16.2. The van der Waals surface area contributed by atoms with Gasteiger partial charge in [0.2, 0.25) is 0 Å². The van der Waals surface area contributed by atoms with Crippen LogP contribution in [0, 0.1) is 5.41 Å². The summed E-state index contributed by atoms with van der Waals surface area (Å²) in [6, 6.07) is 17.9. The van der Waals surface area contributed by atoms with Gasteiger partial charge in [0.25, 0.3) is 5.91 Å². The summed E-state index contributed by atoms with van der Waals surface area (Å²) >= 11 is 0. The van der Waals surface area contributed by atoms with Crippen molar-refractivity contribution in [2.24, 2.45) is 5.41 Å². The zero-order chi connectivity index (χ0) is 26.2. The van der Waals surface area contributed by atoms with Crippen LogP contribution >= 0.6 is 0 Å². The molecule has 1 fully saturated rings. The average molecular weight is 470 g/mol. The standard InChI is InChI=1S/C22H27N3O.4C2H6/c1-21(12-14-25(2)15-13-21)22(16-18-10-6-7-11-19(18)23-22)24-20(26)17-8-4-3-5-9-17;4*1-2/h3-11,23H,12-16H2,1-2H3,(H,24,26);4*1-2H3. The summed E-state index contributed by atoms with van der Waals surface area (Å²) in [5, 5.41) is 7.14. The summed E-state index contributed by atoms with van der Waals surface area (Å²) in [5.41, 5.74) is 2.66. The fourth-order valence-electron chi connectivity index (χ4n) is 4.34. The van der Waals surface area contributed by atoms with E-state index in [0.29, 0.717) is 5.56 Å². The zero-order valence-electron chi connectivity index (χ0n) is 23.6. The Bertz CT molecular complexity index is 771. The molecule has 0 aliphatic carbocycles. The van der Waals surface area contributed by atoms with E-state index >= 15 is 0 Å². The molecule has 2 aromatic carbocycles. The Morgan fingerprint density at radius 2 is 1.32 bits per heavy atom. The topological polar surface area (TPSA) is 44.4 Å². The number of nitrogens with one attached hydrogen (secondary N) is 2. The summed E-state index contributed by atoms with van der Waals surface area (Å²) in [6.45, 7) is 20.4. The number of hydrogen-bond acceptors (Lipinski definition) is 3. The van der Waals surface area contributed by atoms with E-state index in [-0.39, 0.29) is 11.3 Å². The summed E-state index contributed by atoms with van der Waals surface area (Å²) in [7, 11) is 2.17. The molecule has 4 nitrogen and oxygen atoms in total. The number of anilines is 1. The normalized spacial score (nSPS) is 19.5. The highest BCUT2D eigenvalue weighted by Gasteiger charge is 2.53. The molecule has 1 atom stereocenters. The molecule has 0 spiro atoms. The molecule has 1 saturated heterocycles. The van der Waals surface area contributed by atoms with E-state index in [1.54, 1.807) is 0 Å². The van der Waals surface area contributed by atoms with Gasteiger partial charge in [0.1, 0.15) is 5.66 Å². The van der Waals surface area contributed by atoms with Crippen LogP contribution in [0.4, 0.5) is 5.69 Å². The number of carbonyl (C=O) groups is 1. The van der Waals surface area contributed by atoms with Crippen LogP contribution in [0.3, 0.4) is 0 Å². The first-order valence-corrected chi connectivity index (χ1v) is 13.4. The third-order valence-electron chi connectivity index (χ3n) is 6.30. The Morgan fingerprint density at radius 3 is 1.85 bits per heavy atom. The minimum Gasteiger partial charge on any atom is -0.362 e. The van der Waals surface area contributed by atoms with Gasteiger partial charge in [0, 0.05) is 23.1 Å². The van der Waals surface area contributed by atoms with Crippen LogP contribution in [0.25, 0.3) is 0 Å². The predicted molar refractivity (Wildman–Crippen MR) is 151 cm³/mol. The molecular weight excluding hydrogens is 418 g/mol. The molecule has 192 valence electrons. The first kappa shape index (κ1) is 31.7. The average Bonchev–Trinajstić information content (AvgIpc) is 3.31. The van der Waals surface area contributed by atoms with Gasteiger partial charge in [-0.05, 0) is 56.7 Å². The van der Waals surface area contributed by atoms with Crippen LogP contribution in [0.2, 0.25) is 0 Å². The van der Waals surface area contributed by atoms with Crippen LogP contribution < -0.4 is 10.6 Å². The molecular formula is C30H51N3O. The maximum absolute atomic E-state index is 13.0. The van der Waals surface area contributed by atoms with Gasteiger partial charge in [-0.15, -0.1) is 0 Å². The smallest absolute Gasteiger partial charge is 0.253 e. The molecule has 2 aliphatic rings. The van der Waals surface area contributed by atoms with Crippen LogP contribution in [-0.2, 0) is 6.42 Å². The summed E-state index contributed by atoms with van der Waals surface area (Å²) in [4.78, 5) is 15.4. The van der Waals surface area contributed by atoms with Crippen molar-refractivity contribution in [3.8, 4) is 0 Å². The Hall–Kier alpha value is -2.33. The van der Waals surface area contributed by atoms with Crippen molar-refractivity contribution in [2.75, 3.05) is 25.5 Å². The van der Waals surface area contributed by atoms with Gasteiger partial charge >= 0.3 is 0 Å². The second-order valence-electron chi connectivity index (χ2n) is 8.05. The highest BCUT2D eigenvalue weighted by Crippen LogP contribution is 2.47.